The van der Waals surface area contributed by atoms with Crippen molar-refractivity contribution in [1.82, 2.24) is 4.98 Å². The fourth-order valence-electron chi connectivity index (χ4n) is 2.32. The number of pyridine rings is 1. The topological polar surface area (TPSA) is 48.1 Å². The van der Waals surface area contributed by atoms with E-state index >= 15 is 0 Å². The molecular weight excluding hydrogens is 283 g/mol. The molecule has 2 aromatic rings. The summed E-state index contributed by atoms with van der Waals surface area (Å²) in [6.45, 7) is 0.700. The molecule has 0 aliphatic carbocycles. The number of nitrogen functional groups attached to an aromatic ring is 1. The van der Waals surface area contributed by atoms with Crippen LogP contribution in [0, 0.1) is 0 Å². The van der Waals surface area contributed by atoms with E-state index in [-0.39, 0.29) is 0 Å². The van der Waals surface area contributed by atoms with Gasteiger partial charge in [-0.05, 0) is 23.8 Å². The zero-order valence-electron chi connectivity index (χ0n) is 10.1. The number of aromatic nitrogens is 1. The number of ether oxygens (including phenoxy) is 1. The molecule has 0 unspecified atom stereocenters. The van der Waals surface area contributed by atoms with E-state index in [1.165, 1.54) is 0 Å². The zero-order valence-corrected chi connectivity index (χ0v) is 11.6. The first-order valence-corrected chi connectivity index (χ1v) is 6.73. The summed E-state index contributed by atoms with van der Waals surface area (Å²) in [4.78, 5) is 4.06. The molecule has 0 spiro atoms. The van der Waals surface area contributed by atoms with Crippen LogP contribution in [-0.4, -0.2) is 11.6 Å². The van der Waals surface area contributed by atoms with E-state index in [0.717, 1.165) is 28.9 Å². The standard InChI is InChI=1S/C14H12Cl2N2O/c15-11-4-8-1-2-19-13(8)9(5-11)3-10-6-12(16)7-18-14(10)17/h4-7H,1-3H2,(H2,17,18). The molecule has 0 atom stereocenters. The Morgan fingerprint density at radius 2 is 1.95 bits per heavy atom. The Bertz CT molecular complexity index is 644. The van der Waals surface area contributed by atoms with Gasteiger partial charge in [-0.1, -0.05) is 23.2 Å². The Hall–Kier alpha value is -1.45. The zero-order chi connectivity index (χ0) is 13.4. The van der Waals surface area contributed by atoms with Crippen LogP contribution in [0.1, 0.15) is 16.7 Å². The van der Waals surface area contributed by atoms with Crippen LogP contribution in [0.3, 0.4) is 0 Å². The number of benzene rings is 1. The predicted octanol–water partition coefficient (Wildman–Crippen LogP) is 3.50. The van der Waals surface area contributed by atoms with Crippen LogP contribution in [0.5, 0.6) is 5.75 Å². The number of fused-ring (bicyclic) bond motifs is 1. The van der Waals surface area contributed by atoms with Gasteiger partial charge in [0.25, 0.3) is 0 Å². The second-order valence-corrected chi connectivity index (χ2v) is 5.40. The smallest absolute Gasteiger partial charge is 0.126 e. The predicted molar refractivity (Wildman–Crippen MR) is 77.1 cm³/mol. The first-order valence-electron chi connectivity index (χ1n) is 5.97. The van der Waals surface area contributed by atoms with Crippen molar-refractivity contribution in [2.24, 2.45) is 0 Å². The van der Waals surface area contributed by atoms with Gasteiger partial charge in [-0.25, -0.2) is 4.98 Å². The summed E-state index contributed by atoms with van der Waals surface area (Å²) in [5.41, 5.74) is 8.93. The number of rotatable bonds is 2. The van der Waals surface area contributed by atoms with Crippen LogP contribution in [0.25, 0.3) is 0 Å². The van der Waals surface area contributed by atoms with Gasteiger partial charge in [-0.3, -0.25) is 0 Å². The lowest BCUT2D eigenvalue weighted by Gasteiger charge is -2.10. The van der Waals surface area contributed by atoms with Crippen molar-refractivity contribution in [3.63, 3.8) is 0 Å². The fraction of sp³-hybridized carbons (Fsp3) is 0.214. The first-order chi connectivity index (χ1) is 9.13. The minimum Gasteiger partial charge on any atom is -0.493 e. The van der Waals surface area contributed by atoms with Gasteiger partial charge in [0, 0.05) is 35.2 Å². The molecule has 0 amide bonds. The minimum absolute atomic E-state index is 0.483. The Morgan fingerprint density at radius 1 is 1.16 bits per heavy atom. The van der Waals surface area contributed by atoms with Crippen molar-refractivity contribution in [1.29, 1.82) is 0 Å². The summed E-state index contributed by atoms with van der Waals surface area (Å²) in [5.74, 6) is 1.40. The number of nitrogens with two attached hydrogens (primary N) is 1. The lowest BCUT2D eigenvalue weighted by Crippen LogP contribution is -2.00. The molecule has 0 radical (unpaired) electrons. The van der Waals surface area contributed by atoms with Crippen molar-refractivity contribution < 1.29 is 4.74 Å². The fourth-order valence-corrected chi connectivity index (χ4v) is 2.76. The summed E-state index contributed by atoms with van der Waals surface area (Å²) >= 11 is 12.1. The molecule has 19 heavy (non-hydrogen) atoms. The second kappa shape index (κ2) is 4.91. The van der Waals surface area contributed by atoms with Crippen LogP contribution in [-0.2, 0) is 12.8 Å². The monoisotopic (exact) mass is 294 g/mol. The highest BCUT2D eigenvalue weighted by molar-refractivity contribution is 6.31. The molecule has 0 bridgehead atoms. The SMILES string of the molecule is Nc1ncc(Cl)cc1Cc1cc(Cl)cc2c1OCC2. The van der Waals surface area contributed by atoms with E-state index in [9.17, 15) is 0 Å². The number of anilines is 1. The van der Waals surface area contributed by atoms with E-state index in [0.29, 0.717) is 28.9 Å². The average molecular weight is 295 g/mol. The summed E-state index contributed by atoms with van der Waals surface area (Å²) < 4.78 is 5.67. The third kappa shape index (κ3) is 2.48. The van der Waals surface area contributed by atoms with Crippen molar-refractivity contribution in [2.75, 3.05) is 12.3 Å². The normalized spacial score (nSPS) is 13.2. The van der Waals surface area contributed by atoms with Crippen LogP contribution >= 0.6 is 23.2 Å². The van der Waals surface area contributed by atoms with E-state index < -0.39 is 0 Å². The highest BCUT2D eigenvalue weighted by Crippen LogP contribution is 2.34. The quantitative estimate of drug-likeness (QED) is 0.922. The third-order valence-corrected chi connectivity index (χ3v) is 3.60. The Morgan fingerprint density at radius 3 is 2.79 bits per heavy atom. The largest absolute Gasteiger partial charge is 0.493 e. The highest BCUT2D eigenvalue weighted by Gasteiger charge is 2.18. The van der Waals surface area contributed by atoms with E-state index in [2.05, 4.69) is 4.98 Å². The van der Waals surface area contributed by atoms with Crippen LogP contribution in [0.15, 0.2) is 24.4 Å². The van der Waals surface area contributed by atoms with Gasteiger partial charge in [-0.15, -0.1) is 0 Å². The maximum atomic E-state index is 6.14. The number of hydrogen-bond donors (Lipinski definition) is 1. The molecular formula is C14H12Cl2N2O. The molecule has 2 heterocycles. The van der Waals surface area contributed by atoms with Gasteiger partial charge in [0.2, 0.25) is 0 Å². The van der Waals surface area contributed by atoms with Gasteiger partial charge in [-0.2, -0.15) is 0 Å². The first kappa shape index (κ1) is 12.6. The van der Waals surface area contributed by atoms with E-state index in [4.69, 9.17) is 33.7 Å². The van der Waals surface area contributed by atoms with Crippen molar-refractivity contribution in [3.05, 3.63) is 51.1 Å². The maximum Gasteiger partial charge on any atom is 0.126 e. The Labute approximate surface area is 121 Å². The molecule has 3 nitrogen and oxygen atoms in total. The Balaban J connectivity index is 2.02. The van der Waals surface area contributed by atoms with Crippen LogP contribution in [0.4, 0.5) is 5.82 Å². The average Bonchev–Trinajstić information content (AvgIpc) is 2.82. The lowest BCUT2D eigenvalue weighted by molar-refractivity contribution is 0.354. The van der Waals surface area contributed by atoms with Crippen LogP contribution < -0.4 is 10.5 Å². The number of halogens is 2. The lowest BCUT2D eigenvalue weighted by atomic mass is 10.0. The molecule has 1 aromatic heterocycles. The van der Waals surface area contributed by atoms with E-state index in [1.807, 2.05) is 18.2 Å². The van der Waals surface area contributed by atoms with Crippen molar-refractivity contribution >= 4 is 29.0 Å². The van der Waals surface area contributed by atoms with Gasteiger partial charge >= 0.3 is 0 Å². The molecule has 1 aromatic carbocycles. The molecule has 5 heteroatoms. The second-order valence-electron chi connectivity index (χ2n) is 4.53. The summed E-state index contributed by atoms with van der Waals surface area (Å²) in [6.07, 6.45) is 3.05. The summed E-state index contributed by atoms with van der Waals surface area (Å²) in [7, 11) is 0. The molecule has 98 valence electrons. The molecule has 0 saturated carbocycles. The number of hydrogen-bond acceptors (Lipinski definition) is 3. The molecule has 1 aliphatic rings. The van der Waals surface area contributed by atoms with Gasteiger partial charge in [0.1, 0.15) is 11.6 Å². The summed E-state index contributed by atoms with van der Waals surface area (Å²) in [5, 5.41) is 1.29. The maximum absolute atomic E-state index is 6.14. The van der Waals surface area contributed by atoms with Gasteiger partial charge in [0.15, 0.2) is 0 Å². The summed E-state index contributed by atoms with van der Waals surface area (Å²) in [6, 6.07) is 5.69. The minimum atomic E-state index is 0.483. The molecule has 0 saturated heterocycles. The van der Waals surface area contributed by atoms with Crippen molar-refractivity contribution in [2.45, 2.75) is 12.8 Å². The Kier molecular flexibility index (Phi) is 3.25. The highest BCUT2D eigenvalue weighted by atomic mass is 35.5. The molecule has 2 N–H and O–H groups in total. The van der Waals surface area contributed by atoms with Gasteiger partial charge < -0.3 is 10.5 Å². The molecule has 3 rings (SSSR count). The number of nitrogens with zero attached hydrogens (tertiary/aromatic N) is 1. The van der Waals surface area contributed by atoms with Crippen LogP contribution in [0.2, 0.25) is 10.0 Å². The third-order valence-electron chi connectivity index (χ3n) is 3.17. The molecule has 1 aliphatic heterocycles. The van der Waals surface area contributed by atoms with Crippen molar-refractivity contribution in [3.8, 4) is 5.75 Å². The molecule has 0 fully saturated rings. The van der Waals surface area contributed by atoms with E-state index in [1.54, 1.807) is 6.20 Å². The van der Waals surface area contributed by atoms with Gasteiger partial charge in [0.05, 0.1) is 11.6 Å².